The minimum atomic E-state index is -0.448. The molecule has 2 aromatic rings. The van der Waals surface area contributed by atoms with Crippen molar-refractivity contribution in [2.45, 2.75) is 44.6 Å². The topological polar surface area (TPSA) is 64.9 Å². The molecule has 2 N–H and O–H groups in total. The van der Waals surface area contributed by atoms with E-state index in [0.717, 1.165) is 36.8 Å². The van der Waals surface area contributed by atoms with Crippen molar-refractivity contribution < 1.29 is 4.52 Å². The lowest BCUT2D eigenvalue weighted by Gasteiger charge is -2.29. The van der Waals surface area contributed by atoms with Gasteiger partial charge in [0.05, 0.1) is 16.1 Å². The van der Waals surface area contributed by atoms with Crippen molar-refractivity contribution in [1.29, 1.82) is 0 Å². The van der Waals surface area contributed by atoms with Crippen LogP contribution in [0.2, 0.25) is 5.02 Å². The van der Waals surface area contributed by atoms with Gasteiger partial charge in [0.15, 0.2) is 5.82 Å². The van der Waals surface area contributed by atoms with E-state index in [2.05, 4.69) is 10.1 Å². The average Bonchev–Trinajstić information content (AvgIpc) is 2.93. The third kappa shape index (κ3) is 2.34. The Balaban J connectivity index is 1.96. The molecule has 0 radical (unpaired) electrons. The lowest BCUT2D eigenvalue weighted by atomic mass is 9.82. The smallest absolute Gasteiger partial charge is 0.259 e. The van der Waals surface area contributed by atoms with E-state index in [1.165, 1.54) is 6.42 Å². The molecule has 3 rings (SSSR count). The normalized spacial score (nSPS) is 18.1. The molecule has 0 unspecified atom stereocenters. The van der Waals surface area contributed by atoms with Crippen LogP contribution in [0.15, 0.2) is 22.7 Å². The number of aryl methyl sites for hydroxylation is 1. The largest absolute Gasteiger partial charge is 0.334 e. The summed E-state index contributed by atoms with van der Waals surface area (Å²) < 4.78 is 5.38. The number of aromatic nitrogens is 2. The van der Waals surface area contributed by atoms with Gasteiger partial charge in [-0.2, -0.15) is 4.98 Å². The maximum absolute atomic E-state index is 6.42. The highest BCUT2D eigenvalue weighted by atomic mass is 35.5. The second kappa shape index (κ2) is 5.19. The lowest BCUT2D eigenvalue weighted by molar-refractivity contribution is 0.275. The van der Waals surface area contributed by atoms with Crippen molar-refractivity contribution in [2.24, 2.45) is 5.73 Å². The van der Waals surface area contributed by atoms with Crippen molar-refractivity contribution in [3.63, 3.8) is 0 Å². The first kappa shape index (κ1) is 13.6. The van der Waals surface area contributed by atoms with Crippen LogP contribution in [0.25, 0.3) is 11.5 Å². The second-order valence-electron chi connectivity index (χ2n) is 5.58. The SMILES string of the molecule is Cc1cccc(-c2nc(C3(N)CCCCC3)no2)c1Cl. The summed E-state index contributed by atoms with van der Waals surface area (Å²) in [4.78, 5) is 4.49. The average molecular weight is 292 g/mol. The number of hydrogen-bond acceptors (Lipinski definition) is 4. The van der Waals surface area contributed by atoms with E-state index in [9.17, 15) is 0 Å². The molecule has 0 saturated heterocycles. The molecule has 0 atom stereocenters. The zero-order valence-corrected chi connectivity index (χ0v) is 12.3. The minimum Gasteiger partial charge on any atom is -0.334 e. The van der Waals surface area contributed by atoms with Crippen molar-refractivity contribution >= 4 is 11.6 Å². The monoisotopic (exact) mass is 291 g/mol. The summed E-state index contributed by atoms with van der Waals surface area (Å²) in [5.41, 5.74) is 7.73. The summed E-state index contributed by atoms with van der Waals surface area (Å²) in [5, 5.41) is 4.74. The quantitative estimate of drug-likeness (QED) is 0.913. The van der Waals surface area contributed by atoms with Crippen LogP contribution in [-0.2, 0) is 5.54 Å². The van der Waals surface area contributed by atoms with Gasteiger partial charge >= 0.3 is 0 Å². The van der Waals surface area contributed by atoms with Crippen molar-refractivity contribution in [2.75, 3.05) is 0 Å². The fourth-order valence-electron chi connectivity index (χ4n) is 2.75. The Bertz CT molecular complexity index is 617. The maximum Gasteiger partial charge on any atom is 0.259 e. The van der Waals surface area contributed by atoms with E-state index in [1.807, 2.05) is 25.1 Å². The zero-order chi connectivity index (χ0) is 14.2. The molecule has 106 valence electrons. The lowest BCUT2D eigenvalue weighted by Crippen LogP contribution is -2.39. The van der Waals surface area contributed by atoms with Gasteiger partial charge < -0.3 is 10.3 Å². The van der Waals surface area contributed by atoms with Crippen LogP contribution in [0.1, 0.15) is 43.5 Å². The molecule has 1 saturated carbocycles. The fraction of sp³-hybridized carbons (Fsp3) is 0.467. The van der Waals surface area contributed by atoms with E-state index in [0.29, 0.717) is 16.7 Å². The van der Waals surface area contributed by atoms with Crippen LogP contribution in [0.5, 0.6) is 0 Å². The van der Waals surface area contributed by atoms with E-state index in [1.54, 1.807) is 0 Å². The summed E-state index contributed by atoms with van der Waals surface area (Å²) in [7, 11) is 0. The number of nitrogens with zero attached hydrogens (tertiary/aromatic N) is 2. The van der Waals surface area contributed by atoms with Gasteiger partial charge in [-0.05, 0) is 31.4 Å². The van der Waals surface area contributed by atoms with Crippen molar-refractivity contribution in [3.8, 4) is 11.5 Å². The highest BCUT2D eigenvalue weighted by Gasteiger charge is 2.34. The molecule has 1 aliphatic rings. The molecular formula is C15H18ClN3O. The third-order valence-electron chi connectivity index (χ3n) is 4.04. The molecular weight excluding hydrogens is 274 g/mol. The van der Waals surface area contributed by atoms with Crippen LogP contribution in [0, 0.1) is 6.92 Å². The molecule has 1 aromatic carbocycles. The van der Waals surface area contributed by atoms with Gasteiger partial charge in [0, 0.05) is 0 Å². The van der Waals surface area contributed by atoms with Gasteiger partial charge in [-0.3, -0.25) is 0 Å². The first-order valence-electron chi connectivity index (χ1n) is 6.99. The first-order chi connectivity index (χ1) is 9.60. The summed E-state index contributed by atoms with van der Waals surface area (Å²) in [6.07, 6.45) is 5.28. The summed E-state index contributed by atoms with van der Waals surface area (Å²) in [6, 6.07) is 5.77. The van der Waals surface area contributed by atoms with Crippen LogP contribution in [-0.4, -0.2) is 10.1 Å². The first-order valence-corrected chi connectivity index (χ1v) is 7.36. The molecule has 1 aliphatic carbocycles. The highest BCUT2D eigenvalue weighted by molar-refractivity contribution is 6.33. The molecule has 1 fully saturated rings. The summed E-state index contributed by atoms with van der Waals surface area (Å²) in [6.45, 7) is 1.95. The molecule has 0 amide bonds. The Labute approximate surface area is 123 Å². The number of rotatable bonds is 2. The molecule has 0 spiro atoms. The van der Waals surface area contributed by atoms with Gasteiger partial charge in [-0.1, -0.05) is 48.2 Å². The van der Waals surface area contributed by atoms with Crippen LogP contribution in [0.4, 0.5) is 0 Å². The van der Waals surface area contributed by atoms with Crippen molar-refractivity contribution in [1.82, 2.24) is 10.1 Å². The molecule has 0 aliphatic heterocycles. The summed E-state index contributed by atoms with van der Waals surface area (Å²) >= 11 is 6.30. The van der Waals surface area contributed by atoms with Crippen molar-refractivity contribution in [3.05, 3.63) is 34.6 Å². The third-order valence-corrected chi connectivity index (χ3v) is 4.54. The standard InChI is InChI=1S/C15H18ClN3O/c1-10-6-5-7-11(12(10)16)13-18-14(19-20-13)15(17)8-3-2-4-9-15/h5-7H,2-4,8-9,17H2,1H3. The Morgan fingerprint density at radius 1 is 1.25 bits per heavy atom. The minimum absolute atomic E-state index is 0.448. The Kier molecular flexibility index (Phi) is 3.52. The van der Waals surface area contributed by atoms with E-state index in [-0.39, 0.29) is 0 Å². The highest BCUT2D eigenvalue weighted by Crippen LogP contribution is 2.35. The van der Waals surface area contributed by atoms with Gasteiger partial charge in [0.1, 0.15) is 0 Å². The number of nitrogens with two attached hydrogens (primary N) is 1. The number of halogens is 1. The number of hydrogen-bond donors (Lipinski definition) is 1. The Morgan fingerprint density at radius 3 is 2.75 bits per heavy atom. The second-order valence-corrected chi connectivity index (χ2v) is 5.95. The van der Waals surface area contributed by atoms with Gasteiger partial charge in [0.25, 0.3) is 5.89 Å². The molecule has 0 bridgehead atoms. The molecule has 4 nitrogen and oxygen atoms in total. The van der Waals surface area contributed by atoms with Crippen LogP contribution < -0.4 is 5.73 Å². The fourth-order valence-corrected chi connectivity index (χ4v) is 2.96. The summed E-state index contributed by atoms with van der Waals surface area (Å²) in [5.74, 6) is 1.05. The van der Waals surface area contributed by atoms with Crippen LogP contribution >= 0.6 is 11.6 Å². The van der Waals surface area contributed by atoms with Gasteiger partial charge in [-0.15, -0.1) is 0 Å². The van der Waals surface area contributed by atoms with E-state index < -0.39 is 5.54 Å². The van der Waals surface area contributed by atoms with Gasteiger partial charge in [0.2, 0.25) is 0 Å². The Hall–Kier alpha value is -1.39. The van der Waals surface area contributed by atoms with E-state index in [4.69, 9.17) is 21.9 Å². The predicted octanol–water partition coefficient (Wildman–Crippen LogP) is 3.82. The Morgan fingerprint density at radius 2 is 2.00 bits per heavy atom. The molecule has 5 heteroatoms. The van der Waals surface area contributed by atoms with Crippen LogP contribution in [0.3, 0.4) is 0 Å². The maximum atomic E-state index is 6.42. The molecule has 20 heavy (non-hydrogen) atoms. The zero-order valence-electron chi connectivity index (χ0n) is 11.5. The molecule has 1 aromatic heterocycles. The number of benzene rings is 1. The predicted molar refractivity (Wildman–Crippen MR) is 78.4 cm³/mol. The molecule has 1 heterocycles. The van der Waals surface area contributed by atoms with Gasteiger partial charge in [-0.25, -0.2) is 0 Å². The van der Waals surface area contributed by atoms with E-state index >= 15 is 0 Å².